The molecule has 2 heterocycles. The number of hydrogen-bond donors (Lipinski definition) is 1. The molecule has 1 radical (unpaired) electrons. The average molecular weight is 687 g/mol. The second-order valence-corrected chi connectivity index (χ2v) is 8.89. The number of aliphatic hydroxyl groups excluding tert-OH is 1. The van der Waals surface area contributed by atoms with Crippen molar-refractivity contribution >= 4 is 38.5 Å². The van der Waals surface area contributed by atoms with Crippen molar-refractivity contribution in [2.75, 3.05) is 0 Å². The third-order valence-corrected chi connectivity index (χ3v) is 6.13. The van der Waals surface area contributed by atoms with Crippen LogP contribution in [0, 0.1) is 17.4 Å². The minimum atomic E-state index is -0.125. The number of fused-ring (bicyclic) bond motifs is 5. The van der Waals surface area contributed by atoms with Crippen molar-refractivity contribution in [3.05, 3.63) is 121 Å². The van der Waals surface area contributed by atoms with Crippen LogP contribution in [0.2, 0.25) is 0 Å². The van der Waals surface area contributed by atoms with E-state index in [0.717, 1.165) is 38.9 Å². The predicted octanol–water partition coefficient (Wildman–Crippen LogP) is 7.71. The number of carbonyl (C=O) groups is 1. The second-order valence-electron chi connectivity index (χ2n) is 8.89. The molecular formula is C33H24IrN3O2-. The van der Waals surface area contributed by atoms with Crippen molar-refractivity contribution in [2.45, 2.75) is 13.8 Å². The zero-order chi connectivity index (χ0) is 26.6. The average Bonchev–Trinajstić information content (AvgIpc) is 3.28. The van der Waals surface area contributed by atoms with E-state index in [1.807, 2.05) is 24.3 Å². The van der Waals surface area contributed by atoms with Crippen LogP contribution in [0.1, 0.15) is 19.4 Å². The number of ketones is 1. The van der Waals surface area contributed by atoms with Crippen LogP contribution in [-0.4, -0.2) is 20.4 Å². The Kier molecular flexibility index (Phi) is 8.36. The molecule has 6 heteroatoms. The van der Waals surface area contributed by atoms with Crippen molar-refractivity contribution in [1.82, 2.24) is 9.55 Å². The number of carbonyl (C=O) groups excluding carboxylic acids is 1. The summed E-state index contributed by atoms with van der Waals surface area (Å²) in [4.78, 5) is 15.1. The first-order valence-corrected chi connectivity index (χ1v) is 12.2. The summed E-state index contributed by atoms with van der Waals surface area (Å²) in [6.07, 6.45) is 1.17. The third-order valence-electron chi connectivity index (χ3n) is 6.13. The molecule has 5 nitrogen and oxygen atoms in total. The summed E-state index contributed by atoms with van der Waals surface area (Å²) in [6, 6.07) is 38.1. The molecule has 0 unspecified atom stereocenters. The Morgan fingerprint density at radius 1 is 0.923 bits per heavy atom. The number of para-hydroxylation sites is 3. The van der Waals surface area contributed by atoms with Gasteiger partial charge in [0.05, 0.1) is 16.8 Å². The SMILES string of the molecule is CC(=O)/C=C(/C)O.N#Cc1c[c-]c(-c2nc3ccccc3c3c4ccccc4n(-c4ccccc4)c23)cc1.[Ir]. The van der Waals surface area contributed by atoms with Crippen LogP contribution < -0.4 is 0 Å². The van der Waals surface area contributed by atoms with Crippen molar-refractivity contribution < 1.29 is 30.0 Å². The minimum absolute atomic E-state index is 0. The fourth-order valence-corrected chi connectivity index (χ4v) is 4.66. The molecule has 0 saturated carbocycles. The van der Waals surface area contributed by atoms with Gasteiger partial charge in [-0.05, 0) is 43.7 Å². The van der Waals surface area contributed by atoms with E-state index < -0.39 is 0 Å². The summed E-state index contributed by atoms with van der Waals surface area (Å²) < 4.78 is 2.28. The maximum Gasteiger partial charge on any atom is 0.155 e. The molecule has 0 aliphatic rings. The Hall–Kier alpha value is -4.56. The second kappa shape index (κ2) is 11.9. The number of nitriles is 1. The number of aromatic nitrogens is 2. The van der Waals surface area contributed by atoms with Crippen molar-refractivity contribution in [3.63, 3.8) is 0 Å². The monoisotopic (exact) mass is 687 g/mol. The molecule has 0 spiro atoms. The zero-order valence-corrected chi connectivity index (χ0v) is 23.7. The van der Waals surface area contributed by atoms with Crippen LogP contribution in [-0.2, 0) is 24.9 Å². The van der Waals surface area contributed by atoms with E-state index in [1.54, 1.807) is 6.07 Å². The van der Waals surface area contributed by atoms with Gasteiger partial charge >= 0.3 is 0 Å². The van der Waals surface area contributed by atoms with E-state index in [-0.39, 0.29) is 31.6 Å². The Balaban J connectivity index is 0.000000394. The molecule has 0 saturated heterocycles. The van der Waals surface area contributed by atoms with Crippen LogP contribution in [0.5, 0.6) is 0 Å². The molecule has 0 amide bonds. The van der Waals surface area contributed by atoms with Crippen molar-refractivity contribution in [3.8, 4) is 23.0 Å². The maximum atomic E-state index is 10.0. The molecule has 6 rings (SSSR count). The van der Waals surface area contributed by atoms with Gasteiger partial charge in [0.2, 0.25) is 0 Å². The molecule has 4 aromatic carbocycles. The zero-order valence-electron chi connectivity index (χ0n) is 21.3. The molecule has 6 aromatic rings. The molecule has 0 bridgehead atoms. The van der Waals surface area contributed by atoms with Crippen LogP contribution >= 0.6 is 0 Å². The van der Waals surface area contributed by atoms with Crippen LogP contribution in [0.4, 0.5) is 0 Å². The Morgan fingerprint density at radius 3 is 2.21 bits per heavy atom. The largest absolute Gasteiger partial charge is 0.512 e. The summed E-state index contributed by atoms with van der Waals surface area (Å²) in [5.74, 6) is -0.0625. The molecule has 0 aliphatic heterocycles. The van der Waals surface area contributed by atoms with E-state index in [2.05, 4.69) is 83.4 Å². The molecule has 193 valence electrons. The quantitative estimate of drug-likeness (QED) is 0.118. The summed E-state index contributed by atoms with van der Waals surface area (Å²) in [7, 11) is 0. The van der Waals surface area contributed by atoms with Crippen LogP contribution in [0.3, 0.4) is 0 Å². The van der Waals surface area contributed by atoms with Gasteiger partial charge < -0.3 is 9.67 Å². The molecule has 2 aromatic heterocycles. The first-order valence-electron chi connectivity index (χ1n) is 12.2. The van der Waals surface area contributed by atoms with Gasteiger partial charge in [0.25, 0.3) is 0 Å². The van der Waals surface area contributed by atoms with Gasteiger partial charge in [0, 0.05) is 65.3 Å². The Labute approximate surface area is 240 Å². The van der Waals surface area contributed by atoms with Gasteiger partial charge in [0.1, 0.15) is 0 Å². The Morgan fingerprint density at radius 2 is 1.59 bits per heavy atom. The fraction of sp³-hybridized carbons (Fsp3) is 0.0606. The number of pyridine rings is 1. The van der Waals surface area contributed by atoms with E-state index in [1.165, 1.54) is 30.7 Å². The maximum absolute atomic E-state index is 10.0. The first-order chi connectivity index (χ1) is 18.5. The summed E-state index contributed by atoms with van der Waals surface area (Å²) in [6.45, 7) is 2.85. The van der Waals surface area contributed by atoms with E-state index in [4.69, 9.17) is 10.1 Å². The van der Waals surface area contributed by atoms with Crippen molar-refractivity contribution in [2.24, 2.45) is 0 Å². The molecule has 1 N–H and O–H groups in total. The van der Waals surface area contributed by atoms with Gasteiger partial charge in [-0.25, -0.2) is 5.26 Å². The Bertz CT molecular complexity index is 1860. The number of benzene rings is 4. The molecule has 39 heavy (non-hydrogen) atoms. The van der Waals surface area contributed by atoms with Gasteiger partial charge in [-0.3, -0.25) is 9.78 Å². The minimum Gasteiger partial charge on any atom is -0.512 e. The topological polar surface area (TPSA) is 78.9 Å². The standard InChI is InChI=1S/C28H16N3.C5H8O2.Ir/c29-18-19-14-16-20(17-15-19)27-28-26(22-10-4-6-12-24(22)30-27)23-11-5-7-13-25(23)31(28)21-8-2-1-3-9-21;1-4(6)3-5(2)7;/h1-16H;3,6H,1-2H3;/q-1;;/b;4-3-;. The van der Waals surface area contributed by atoms with Gasteiger partial charge in [-0.2, -0.15) is 0 Å². The molecule has 0 fully saturated rings. The van der Waals surface area contributed by atoms with Crippen molar-refractivity contribution in [1.29, 1.82) is 5.26 Å². The van der Waals surface area contributed by atoms with E-state index in [9.17, 15) is 10.1 Å². The van der Waals surface area contributed by atoms with E-state index in [0.29, 0.717) is 5.56 Å². The molecule has 0 aliphatic carbocycles. The van der Waals surface area contributed by atoms with E-state index >= 15 is 0 Å². The molecular weight excluding hydrogens is 663 g/mol. The number of aliphatic hydroxyl groups is 1. The third kappa shape index (κ3) is 5.51. The van der Waals surface area contributed by atoms with Gasteiger partial charge in [-0.1, -0.05) is 54.6 Å². The summed E-state index contributed by atoms with van der Waals surface area (Å²) in [5, 5.41) is 21.1. The summed E-state index contributed by atoms with van der Waals surface area (Å²) in [5.41, 5.74) is 6.53. The normalized spacial score (nSPS) is 10.9. The van der Waals surface area contributed by atoms with Gasteiger partial charge in [0.15, 0.2) is 5.78 Å². The smallest absolute Gasteiger partial charge is 0.155 e. The van der Waals surface area contributed by atoms with Gasteiger partial charge in [-0.15, -0.1) is 29.8 Å². The first kappa shape index (κ1) is 27.5. The van der Waals surface area contributed by atoms with Crippen LogP contribution in [0.15, 0.2) is 109 Å². The molecule has 0 atom stereocenters. The number of rotatable bonds is 3. The summed E-state index contributed by atoms with van der Waals surface area (Å²) >= 11 is 0. The fourth-order valence-electron chi connectivity index (χ4n) is 4.66. The number of nitrogens with zero attached hydrogens (tertiary/aromatic N) is 3. The number of allylic oxidation sites excluding steroid dienone is 2. The van der Waals surface area contributed by atoms with Crippen LogP contribution in [0.25, 0.3) is 49.7 Å². The predicted molar refractivity (Wildman–Crippen MR) is 152 cm³/mol. The number of hydrogen-bond acceptors (Lipinski definition) is 4.